The van der Waals surface area contributed by atoms with Gasteiger partial charge in [0.05, 0.1) is 0 Å². The van der Waals surface area contributed by atoms with E-state index in [1.165, 1.54) is 24.3 Å². The van der Waals surface area contributed by atoms with E-state index in [1.807, 2.05) is 6.92 Å². The lowest BCUT2D eigenvalue weighted by Gasteiger charge is -2.27. The third-order valence-electron chi connectivity index (χ3n) is 5.33. The third kappa shape index (κ3) is 6.49. The summed E-state index contributed by atoms with van der Waals surface area (Å²) in [6, 6.07) is 11.6. The van der Waals surface area contributed by atoms with Crippen molar-refractivity contribution in [2.24, 2.45) is 0 Å². The molecule has 0 aliphatic carbocycles. The Kier molecular flexibility index (Phi) is 9.44. The lowest BCUT2D eigenvalue weighted by Crippen LogP contribution is -2.45. The molecule has 0 radical (unpaired) electrons. The maximum atomic E-state index is 12.9. The van der Waals surface area contributed by atoms with Gasteiger partial charge in [-0.2, -0.15) is 0 Å². The number of phenolic OH excluding ortho intramolecular Hbond substituents is 2. The molecule has 0 bridgehead atoms. The molecule has 1 fully saturated rings. The minimum absolute atomic E-state index is 0.0726. The molecule has 0 unspecified atom stereocenters. The lowest BCUT2D eigenvalue weighted by atomic mass is 10.1. The highest BCUT2D eigenvalue weighted by Gasteiger charge is 2.50. The highest BCUT2D eigenvalue weighted by atomic mass is 16.7. The molecule has 0 aromatic heterocycles. The van der Waals surface area contributed by atoms with Crippen molar-refractivity contribution in [2.45, 2.75) is 51.0 Å². The van der Waals surface area contributed by atoms with Gasteiger partial charge in [0.2, 0.25) is 0 Å². The summed E-state index contributed by atoms with van der Waals surface area (Å²) in [4.78, 5) is 25.4. The smallest absolute Gasteiger partial charge is 0.342 e. The van der Waals surface area contributed by atoms with Crippen molar-refractivity contribution in [1.29, 1.82) is 0 Å². The van der Waals surface area contributed by atoms with E-state index in [4.69, 9.17) is 23.7 Å². The van der Waals surface area contributed by atoms with Crippen LogP contribution in [0.5, 0.6) is 11.5 Å². The van der Waals surface area contributed by atoms with E-state index in [0.29, 0.717) is 6.42 Å². The number of aromatic hydroxyl groups is 2. The number of ether oxygens (including phenoxy) is 5. The quantitative estimate of drug-likeness (QED) is 0.402. The molecule has 3 rings (SSSR count). The number of aliphatic hydroxyl groups is 1. The Hall–Kier alpha value is -3.18. The first kappa shape index (κ1) is 26.4. The van der Waals surface area contributed by atoms with Gasteiger partial charge in [0.25, 0.3) is 0 Å². The maximum Gasteiger partial charge on any atom is 0.342 e. The van der Waals surface area contributed by atoms with Crippen LogP contribution in [0.15, 0.2) is 48.5 Å². The number of rotatable bonds is 11. The van der Waals surface area contributed by atoms with E-state index in [-0.39, 0.29) is 35.8 Å². The molecule has 1 aliphatic rings. The largest absolute Gasteiger partial charge is 0.507 e. The molecule has 5 atom stereocenters. The topological polar surface area (TPSA) is 141 Å². The summed E-state index contributed by atoms with van der Waals surface area (Å²) in [6.07, 6.45) is -4.82. The molecule has 35 heavy (non-hydrogen) atoms. The molecule has 1 heterocycles. The summed E-state index contributed by atoms with van der Waals surface area (Å²) in [5.41, 5.74) is -0.174. The maximum absolute atomic E-state index is 12.9. The molecule has 190 valence electrons. The zero-order chi connectivity index (χ0) is 25.4. The molecule has 1 saturated heterocycles. The van der Waals surface area contributed by atoms with Gasteiger partial charge in [0.15, 0.2) is 12.4 Å². The van der Waals surface area contributed by atoms with Crippen molar-refractivity contribution in [1.82, 2.24) is 0 Å². The van der Waals surface area contributed by atoms with Gasteiger partial charge in [-0.1, -0.05) is 31.2 Å². The summed E-state index contributed by atoms with van der Waals surface area (Å²) >= 11 is 0. The second-order valence-electron chi connectivity index (χ2n) is 7.83. The van der Waals surface area contributed by atoms with Crippen molar-refractivity contribution < 1.29 is 48.6 Å². The third-order valence-corrected chi connectivity index (χ3v) is 5.33. The van der Waals surface area contributed by atoms with Crippen LogP contribution in [0.25, 0.3) is 0 Å². The van der Waals surface area contributed by atoms with Crippen LogP contribution in [-0.2, 0) is 23.7 Å². The Morgan fingerprint density at radius 1 is 0.943 bits per heavy atom. The average Bonchev–Trinajstić information content (AvgIpc) is 3.15. The van der Waals surface area contributed by atoms with Crippen LogP contribution in [0.4, 0.5) is 0 Å². The first-order valence-corrected chi connectivity index (χ1v) is 11.4. The summed E-state index contributed by atoms with van der Waals surface area (Å²) in [6.45, 7) is 3.68. The zero-order valence-corrected chi connectivity index (χ0v) is 19.5. The number of para-hydroxylation sites is 2. The minimum Gasteiger partial charge on any atom is -0.507 e. The summed E-state index contributed by atoms with van der Waals surface area (Å²) in [7, 11) is 0. The molecular formula is C25H30O10. The van der Waals surface area contributed by atoms with Crippen molar-refractivity contribution in [2.75, 3.05) is 19.8 Å². The predicted octanol–water partition coefficient (Wildman–Crippen LogP) is 2.40. The fourth-order valence-electron chi connectivity index (χ4n) is 3.64. The van der Waals surface area contributed by atoms with Crippen LogP contribution in [0.2, 0.25) is 0 Å². The van der Waals surface area contributed by atoms with Crippen LogP contribution in [0.3, 0.4) is 0 Å². The lowest BCUT2D eigenvalue weighted by molar-refractivity contribution is -0.179. The summed E-state index contributed by atoms with van der Waals surface area (Å²) in [5.74, 6) is -2.30. The number of aliphatic hydroxyl groups excluding tert-OH is 1. The number of hydrogen-bond acceptors (Lipinski definition) is 10. The first-order valence-electron chi connectivity index (χ1n) is 11.4. The highest BCUT2D eigenvalue weighted by Crippen LogP contribution is 2.30. The zero-order valence-electron chi connectivity index (χ0n) is 19.5. The molecule has 3 N–H and O–H groups in total. The number of carbonyl (C=O) groups is 2. The van der Waals surface area contributed by atoms with E-state index in [2.05, 4.69) is 0 Å². The fraction of sp³-hybridized carbons (Fsp3) is 0.440. The number of carbonyl (C=O) groups excluding carboxylic acids is 2. The minimum atomic E-state index is -1.24. The fourth-order valence-corrected chi connectivity index (χ4v) is 3.64. The molecule has 2 aromatic rings. The van der Waals surface area contributed by atoms with Crippen LogP contribution in [-0.4, -0.2) is 77.8 Å². The Labute approximate surface area is 203 Å². The van der Waals surface area contributed by atoms with Crippen molar-refractivity contribution >= 4 is 11.9 Å². The van der Waals surface area contributed by atoms with Gasteiger partial charge in [-0.25, -0.2) is 9.59 Å². The standard InChI is InChI=1S/C25H30O10/c1-3-13-32-22-20(28)25(31-4-2)35-21(22)19(34-24(30)16-10-6-8-12-18(16)27)14-33-23(29)15-9-5-7-11-17(15)26/h5-12,19-22,25-28H,3-4,13-14H2,1-2H3/t19-,20-,21-,22-,25-/m0/s1. The van der Waals surface area contributed by atoms with E-state index in [0.717, 1.165) is 0 Å². The van der Waals surface area contributed by atoms with E-state index >= 15 is 0 Å². The monoisotopic (exact) mass is 490 g/mol. The summed E-state index contributed by atoms with van der Waals surface area (Å²) in [5, 5.41) is 30.7. The van der Waals surface area contributed by atoms with Crippen molar-refractivity contribution in [3.8, 4) is 11.5 Å². The molecular weight excluding hydrogens is 460 g/mol. The van der Waals surface area contributed by atoms with E-state index in [9.17, 15) is 24.9 Å². The normalized spacial score (nSPS) is 22.5. The van der Waals surface area contributed by atoms with Gasteiger partial charge in [0, 0.05) is 13.2 Å². The molecule has 2 aromatic carbocycles. The molecule has 0 spiro atoms. The summed E-state index contributed by atoms with van der Waals surface area (Å²) < 4.78 is 28.0. The van der Waals surface area contributed by atoms with Crippen LogP contribution in [0.1, 0.15) is 41.0 Å². The van der Waals surface area contributed by atoms with Gasteiger partial charge >= 0.3 is 11.9 Å². The van der Waals surface area contributed by atoms with Gasteiger partial charge in [0.1, 0.15) is 47.5 Å². The first-order chi connectivity index (χ1) is 16.9. The van der Waals surface area contributed by atoms with Crippen LogP contribution >= 0.6 is 0 Å². The number of hydrogen-bond donors (Lipinski definition) is 3. The molecule has 10 heteroatoms. The van der Waals surface area contributed by atoms with Gasteiger partial charge in [-0.05, 0) is 37.6 Å². The number of benzene rings is 2. The molecule has 0 saturated carbocycles. The second kappa shape index (κ2) is 12.5. The van der Waals surface area contributed by atoms with Gasteiger partial charge in [-0.3, -0.25) is 0 Å². The van der Waals surface area contributed by atoms with E-state index < -0.39 is 49.3 Å². The highest BCUT2D eigenvalue weighted by molar-refractivity contribution is 5.93. The average molecular weight is 491 g/mol. The number of phenols is 2. The van der Waals surface area contributed by atoms with Gasteiger partial charge < -0.3 is 39.0 Å². The Balaban J connectivity index is 1.85. The molecule has 1 aliphatic heterocycles. The molecule has 0 amide bonds. The van der Waals surface area contributed by atoms with Crippen LogP contribution in [0, 0.1) is 0 Å². The Bertz CT molecular complexity index is 994. The van der Waals surface area contributed by atoms with Gasteiger partial charge in [-0.15, -0.1) is 0 Å². The second-order valence-corrected chi connectivity index (χ2v) is 7.83. The Morgan fingerprint density at radius 2 is 1.54 bits per heavy atom. The molecule has 10 nitrogen and oxygen atoms in total. The predicted molar refractivity (Wildman–Crippen MR) is 122 cm³/mol. The van der Waals surface area contributed by atoms with Crippen LogP contribution < -0.4 is 0 Å². The van der Waals surface area contributed by atoms with Crippen molar-refractivity contribution in [3.05, 3.63) is 59.7 Å². The Morgan fingerprint density at radius 3 is 2.11 bits per heavy atom. The van der Waals surface area contributed by atoms with E-state index in [1.54, 1.807) is 31.2 Å². The SMILES string of the molecule is CCCO[C@H]1[C@H](O)[C@@H](OCC)O[C@H]1[C@H](COC(=O)c1ccccc1O)OC(=O)c1ccccc1O. The number of esters is 2. The van der Waals surface area contributed by atoms with Crippen molar-refractivity contribution in [3.63, 3.8) is 0 Å².